The number of aromatic nitrogens is 4. The molecule has 5 rings (SSSR count). The number of pyridine rings is 1. The van der Waals surface area contributed by atoms with Gasteiger partial charge in [-0.1, -0.05) is 6.92 Å². The van der Waals surface area contributed by atoms with Crippen molar-refractivity contribution in [1.29, 1.82) is 0 Å². The maximum absolute atomic E-state index is 15.0. The van der Waals surface area contributed by atoms with E-state index in [2.05, 4.69) is 32.2 Å². The lowest BCUT2D eigenvalue weighted by Crippen LogP contribution is -2.51. The molecule has 0 aliphatic carbocycles. The van der Waals surface area contributed by atoms with Crippen LogP contribution in [0.1, 0.15) is 30.1 Å². The molecule has 2 aliphatic rings. The summed E-state index contributed by atoms with van der Waals surface area (Å²) in [5, 5.41) is 6.60. The molecule has 3 aromatic heterocycles. The van der Waals surface area contributed by atoms with Crippen LogP contribution in [0.15, 0.2) is 24.8 Å². The van der Waals surface area contributed by atoms with Gasteiger partial charge in [0.15, 0.2) is 23.1 Å². The molecule has 11 nitrogen and oxygen atoms in total. The molecule has 3 N–H and O–H groups in total. The number of nitrogens with two attached hydrogens (primary N) is 1. The highest BCUT2D eigenvalue weighted by Gasteiger charge is 2.32. The number of hydrogen-bond acceptors (Lipinski definition) is 8. The van der Waals surface area contributed by atoms with Crippen molar-refractivity contribution in [3.05, 3.63) is 42.0 Å². The third kappa shape index (κ3) is 4.90. The second-order valence-corrected chi connectivity index (χ2v) is 9.29. The van der Waals surface area contributed by atoms with E-state index in [1.807, 2.05) is 9.80 Å². The first-order chi connectivity index (χ1) is 17.9. The zero-order valence-corrected chi connectivity index (χ0v) is 20.5. The minimum absolute atomic E-state index is 0.0531. The van der Waals surface area contributed by atoms with E-state index in [-0.39, 0.29) is 40.2 Å². The van der Waals surface area contributed by atoms with Crippen LogP contribution in [-0.2, 0) is 4.79 Å². The Bertz CT molecular complexity index is 1320. The maximum Gasteiger partial charge on any atom is 0.263 e. The van der Waals surface area contributed by atoms with Crippen LogP contribution in [0.4, 0.5) is 26.0 Å². The number of piperazine rings is 1. The Morgan fingerprint density at radius 1 is 1.08 bits per heavy atom. The second-order valence-electron chi connectivity index (χ2n) is 9.29. The summed E-state index contributed by atoms with van der Waals surface area (Å²) in [5.74, 6) is -1.99. The largest absolute Gasteiger partial charge is 0.381 e. The highest BCUT2D eigenvalue weighted by molar-refractivity contribution is 6.12. The number of nitrogen functional groups attached to an aromatic ring is 1. The summed E-state index contributed by atoms with van der Waals surface area (Å²) >= 11 is 0. The minimum atomic E-state index is -0.670. The van der Waals surface area contributed by atoms with E-state index in [0.29, 0.717) is 25.9 Å². The number of amides is 2. The van der Waals surface area contributed by atoms with Crippen molar-refractivity contribution in [3.63, 3.8) is 0 Å². The lowest BCUT2D eigenvalue weighted by molar-refractivity contribution is -0.137. The van der Waals surface area contributed by atoms with E-state index in [4.69, 9.17) is 5.73 Å². The summed E-state index contributed by atoms with van der Waals surface area (Å²) in [7, 11) is 0. The number of fused-ring (bicyclic) bond motifs is 1. The molecule has 2 saturated heterocycles. The van der Waals surface area contributed by atoms with E-state index in [1.54, 1.807) is 0 Å². The van der Waals surface area contributed by atoms with Crippen molar-refractivity contribution in [2.75, 3.05) is 61.8 Å². The molecule has 0 spiro atoms. The van der Waals surface area contributed by atoms with Gasteiger partial charge in [-0.3, -0.25) is 14.6 Å². The molecule has 0 bridgehead atoms. The van der Waals surface area contributed by atoms with Gasteiger partial charge in [0.05, 0.1) is 30.5 Å². The van der Waals surface area contributed by atoms with Crippen LogP contribution in [0.3, 0.4) is 0 Å². The SMILES string of the molecule is CCN1CCN(C(=O)C2CCN(c3c(F)cncc3NC(=O)c3c(N)nn4cc(F)cnc34)CC2)CC1. The van der Waals surface area contributed by atoms with Crippen molar-refractivity contribution in [2.24, 2.45) is 5.92 Å². The average molecular weight is 514 g/mol. The highest BCUT2D eigenvalue weighted by atomic mass is 19.1. The van der Waals surface area contributed by atoms with Crippen LogP contribution >= 0.6 is 0 Å². The van der Waals surface area contributed by atoms with Crippen LogP contribution in [0, 0.1) is 17.6 Å². The number of carbonyl (C=O) groups is 2. The average Bonchev–Trinajstić information content (AvgIpc) is 3.23. The molecule has 0 radical (unpaired) electrons. The number of likely N-dealkylation sites (N-methyl/N-ethyl adjacent to an activating group) is 1. The number of rotatable bonds is 5. The van der Waals surface area contributed by atoms with Gasteiger partial charge in [0, 0.05) is 45.2 Å². The number of anilines is 3. The molecule has 13 heteroatoms. The zero-order valence-electron chi connectivity index (χ0n) is 20.5. The second kappa shape index (κ2) is 10.2. The maximum atomic E-state index is 15.0. The Balaban J connectivity index is 1.29. The van der Waals surface area contributed by atoms with Crippen LogP contribution in [-0.4, -0.2) is 87.0 Å². The molecule has 3 aromatic rings. The summed E-state index contributed by atoms with van der Waals surface area (Å²) in [6, 6.07) is 0. The summed E-state index contributed by atoms with van der Waals surface area (Å²) < 4.78 is 29.6. The fourth-order valence-corrected chi connectivity index (χ4v) is 5.07. The molecule has 0 aromatic carbocycles. The number of hydrogen-bond donors (Lipinski definition) is 2. The lowest BCUT2D eigenvalue weighted by Gasteiger charge is -2.39. The van der Waals surface area contributed by atoms with E-state index in [9.17, 15) is 18.4 Å². The lowest BCUT2D eigenvalue weighted by atomic mass is 9.94. The first-order valence-electron chi connectivity index (χ1n) is 12.4. The molecule has 0 atom stereocenters. The molecule has 37 heavy (non-hydrogen) atoms. The molecule has 0 saturated carbocycles. The summed E-state index contributed by atoms with van der Waals surface area (Å²) in [5.41, 5.74) is 6.27. The Hall–Kier alpha value is -3.87. The number of halogens is 2. The van der Waals surface area contributed by atoms with Gasteiger partial charge in [-0.15, -0.1) is 5.10 Å². The Morgan fingerprint density at radius 3 is 2.51 bits per heavy atom. The fraction of sp³-hybridized carbons (Fsp3) is 0.458. The molecule has 5 heterocycles. The summed E-state index contributed by atoms with van der Waals surface area (Å²) in [6.45, 7) is 7.24. The van der Waals surface area contributed by atoms with Gasteiger partial charge < -0.3 is 25.8 Å². The van der Waals surface area contributed by atoms with Crippen molar-refractivity contribution < 1.29 is 18.4 Å². The molecule has 0 unspecified atom stereocenters. The topological polar surface area (TPSA) is 125 Å². The van der Waals surface area contributed by atoms with Crippen molar-refractivity contribution in [3.8, 4) is 0 Å². The van der Waals surface area contributed by atoms with Crippen LogP contribution in [0.25, 0.3) is 5.65 Å². The Kier molecular flexibility index (Phi) is 6.87. The van der Waals surface area contributed by atoms with Crippen molar-refractivity contribution >= 4 is 34.7 Å². The molecule has 2 amide bonds. The van der Waals surface area contributed by atoms with Crippen LogP contribution < -0.4 is 16.0 Å². The fourth-order valence-electron chi connectivity index (χ4n) is 5.07. The van der Waals surface area contributed by atoms with Gasteiger partial charge in [-0.25, -0.2) is 18.3 Å². The number of nitrogens with one attached hydrogen (secondary N) is 1. The van der Waals surface area contributed by atoms with Gasteiger partial charge in [0.1, 0.15) is 11.3 Å². The van der Waals surface area contributed by atoms with Gasteiger partial charge in [0.2, 0.25) is 5.91 Å². The molecule has 2 fully saturated rings. The Morgan fingerprint density at radius 2 is 1.81 bits per heavy atom. The minimum Gasteiger partial charge on any atom is -0.381 e. The third-order valence-corrected chi connectivity index (χ3v) is 7.11. The predicted molar refractivity (Wildman–Crippen MR) is 133 cm³/mol. The van der Waals surface area contributed by atoms with E-state index < -0.39 is 17.5 Å². The van der Waals surface area contributed by atoms with E-state index >= 15 is 0 Å². The first-order valence-corrected chi connectivity index (χ1v) is 12.4. The third-order valence-electron chi connectivity index (χ3n) is 7.11. The number of piperidine rings is 1. The van der Waals surface area contributed by atoms with Crippen LogP contribution in [0.2, 0.25) is 0 Å². The van der Waals surface area contributed by atoms with Gasteiger partial charge in [-0.05, 0) is 19.4 Å². The zero-order chi connectivity index (χ0) is 26.1. The molecule has 196 valence electrons. The monoisotopic (exact) mass is 513 g/mol. The smallest absolute Gasteiger partial charge is 0.263 e. The van der Waals surface area contributed by atoms with Gasteiger partial charge >= 0.3 is 0 Å². The number of carbonyl (C=O) groups excluding carboxylic acids is 2. The van der Waals surface area contributed by atoms with Crippen molar-refractivity contribution in [2.45, 2.75) is 19.8 Å². The van der Waals surface area contributed by atoms with E-state index in [0.717, 1.165) is 55.8 Å². The Labute approximate surface area is 212 Å². The standard InChI is InChI=1S/C24H29F2N9O2/c1-2-32-7-9-34(10-8-32)24(37)15-3-5-33(6-4-15)20-17(26)12-28-13-18(20)30-23(36)19-21(27)31-35-14-16(25)11-29-22(19)35/h11-15H,2-10H2,1H3,(H2,27,31)(H,30,36). The summed E-state index contributed by atoms with van der Waals surface area (Å²) in [6.07, 6.45) is 5.62. The van der Waals surface area contributed by atoms with Crippen molar-refractivity contribution in [1.82, 2.24) is 29.4 Å². The first kappa shape index (κ1) is 24.8. The quantitative estimate of drug-likeness (QED) is 0.527. The predicted octanol–water partition coefficient (Wildman–Crippen LogP) is 1.62. The number of nitrogens with zero attached hydrogens (tertiary/aromatic N) is 7. The van der Waals surface area contributed by atoms with Crippen LogP contribution in [0.5, 0.6) is 0 Å². The molecular weight excluding hydrogens is 484 g/mol. The molecular formula is C24H29F2N9O2. The normalized spacial score (nSPS) is 17.4. The molecule has 2 aliphatic heterocycles. The highest BCUT2D eigenvalue weighted by Crippen LogP contribution is 2.33. The van der Waals surface area contributed by atoms with Gasteiger partial charge in [-0.2, -0.15) is 0 Å². The van der Waals surface area contributed by atoms with E-state index in [1.165, 1.54) is 6.20 Å². The van der Waals surface area contributed by atoms with Gasteiger partial charge in [0.25, 0.3) is 5.91 Å². The summed E-state index contributed by atoms with van der Waals surface area (Å²) in [4.78, 5) is 40.0.